The minimum absolute atomic E-state index is 0.00209. The van der Waals surface area contributed by atoms with E-state index < -0.39 is 25.6 Å². The number of hydrogen-bond acceptors (Lipinski definition) is 6. The van der Waals surface area contributed by atoms with Crippen LogP contribution in [0.5, 0.6) is 5.75 Å². The average molecular weight is 434 g/mol. The lowest BCUT2D eigenvalue weighted by Crippen LogP contribution is -2.53. The van der Waals surface area contributed by atoms with Crippen molar-refractivity contribution in [3.63, 3.8) is 0 Å². The Bertz CT molecular complexity index is 1130. The van der Waals surface area contributed by atoms with Gasteiger partial charge in [0.25, 0.3) is 5.69 Å². The van der Waals surface area contributed by atoms with E-state index in [9.17, 15) is 18.5 Å². The third kappa shape index (κ3) is 4.22. The normalized spacial score (nSPS) is 16.0. The Morgan fingerprint density at radius 2 is 1.76 bits per heavy atom. The molecule has 0 radical (unpaired) electrons. The van der Waals surface area contributed by atoms with Crippen molar-refractivity contribution in [1.29, 1.82) is 0 Å². The minimum atomic E-state index is -4.46. The van der Waals surface area contributed by atoms with Crippen LogP contribution in [0.1, 0.15) is 20.8 Å². The van der Waals surface area contributed by atoms with Gasteiger partial charge in [-0.3, -0.25) is 15.0 Å². The van der Waals surface area contributed by atoms with Crippen LogP contribution in [0.25, 0.3) is 0 Å². The van der Waals surface area contributed by atoms with E-state index in [1.165, 1.54) is 18.2 Å². The van der Waals surface area contributed by atoms with Crippen LogP contribution in [0.4, 0.5) is 11.4 Å². The molecule has 1 heterocycles. The van der Waals surface area contributed by atoms with E-state index in [2.05, 4.69) is 5.32 Å². The van der Waals surface area contributed by atoms with E-state index in [0.717, 1.165) is 17.8 Å². The monoisotopic (exact) mass is 433 g/mol. The number of nitrogens with one attached hydrogen (secondary N) is 1. The van der Waals surface area contributed by atoms with E-state index in [1.54, 1.807) is 23.1 Å². The van der Waals surface area contributed by atoms with Gasteiger partial charge in [0, 0.05) is 11.8 Å². The zero-order valence-corrected chi connectivity index (χ0v) is 17.6. The highest BCUT2D eigenvalue weighted by Gasteiger charge is 2.32. The molecular formula is C19H19N3O5S2. The summed E-state index contributed by atoms with van der Waals surface area (Å²) in [4.78, 5) is 11.6. The Labute approximate surface area is 174 Å². The van der Waals surface area contributed by atoms with Crippen molar-refractivity contribution in [3.8, 4) is 5.75 Å². The molecule has 1 N–H and O–H groups in total. The van der Waals surface area contributed by atoms with Gasteiger partial charge >= 0.3 is 10.1 Å². The molecule has 0 bridgehead atoms. The van der Waals surface area contributed by atoms with E-state index in [0.29, 0.717) is 10.8 Å². The average Bonchev–Trinajstić information content (AvgIpc) is 2.61. The lowest BCUT2D eigenvalue weighted by molar-refractivity contribution is -0.387. The molecule has 0 spiro atoms. The summed E-state index contributed by atoms with van der Waals surface area (Å²) < 4.78 is 31.0. The van der Waals surface area contributed by atoms with Gasteiger partial charge in [-0.15, -0.1) is 0 Å². The van der Waals surface area contributed by atoms with E-state index >= 15 is 0 Å². The summed E-state index contributed by atoms with van der Waals surface area (Å²) in [5.74, 6) is 0.00209. The third-order valence-corrected chi connectivity index (χ3v) is 5.76. The van der Waals surface area contributed by atoms with Crippen molar-refractivity contribution in [3.05, 3.63) is 70.4 Å². The molecule has 0 aromatic heterocycles. The fourth-order valence-electron chi connectivity index (χ4n) is 3.11. The highest BCUT2D eigenvalue weighted by Crippen LogP contribution is 2.36. The number of rotatable bonds is 5. The Balaban J connectivity index is 2.05. The van der Waals surface area contributed by atoms with Crippen LogP contribution in [0.2, 0.25) is 0 Å². The third-order valence-electron chi connectivity index (χ3n) is 4.19. The van der Waals surface area contributed by atoms with E-state index in [4.69, 9.17) is 16.4 Å². The first-order valence-electron chi connectivity index (χ1n) is 8.60. The molecule has 0 fully saturated rings. The van der Waals surface area contributed by atoms with Gasteiger partial charge in [0.15, 0.2) is 15.8 Å². The lowest BCUT2D eigenvalue weighted by atomic mass is 10.0. The summed E-state index contributed by atoms with van der Waals surface area (Å²) in [5.41, 5.74) is 0.275. The fraction of sp³-hybridized carbons (Fsp3) is 0.211. The zero-order chi connectivity index (χ0) is 21.4. The van der Waals surface area contributed by atoms with Gasteiger partial charge in [0.1, 0.15) is 0 Å². The van der Waals surface area contributed by atoms with Crippen LogP contribution in [-0.2, 0) is 10.1 Å². The van der Waals surface area contributed by atoms with Crippen LogP contribution in [0, 0.1) is 10.1 Å². The molecule has 0 amide bonds. The molecule has 10 heteroatoms. The number of benzene rings is 2. The molecule has 0 unspecified atom stereocenters. The maximum Gasteiger partial charge on any atom is 0.346 e. The molecular weight excluding hydrogens is 414 g/mol. The summed E-state index contributed by atoms with van der Waals surface area (Å²) in [5, 5.41) is 14.8. The van der Waals surface area contributed by atoms with Gasteiger partial charge in [-0.2, -0.15) is 8.42 Å². The highest BCUT2D eigenvalue weighted by atomic mass is 32.2. The number of allylic oxidation sites excluding steroid dienone is 1. The Hall–Kier alpha value is -2.98. The number of nitro groups is 1. The largest absolute Gasteiger partial charge is 0.377 e. The van der Waals surface area contributed by atoms with Crippen LogP contribution in [0.3, 0.4) is 0 Å². The van der Waals surface area contributed by atoms with Gasteiger partial charge in [-0.05, 0) is 57.3 Å². The predicted molar refractivity (Wildman–Crippen MR) is 113 cm³/mol. The second-order valence-electron chi connectivity index (χ2n) is 7.00. The minimum Gasteiger partial charge on any atom is -0.377 e. The number of nitrogens with zero attached hydrogens (tertiary/aromatic N) is 2. The first-order valence-corrected chi connectivity index (χ1v) is 10.4. The standard InChI is InChI=1S/C19H19N3O5S2/c1-13-12-19(2,3)20-18(28)21(13)14-8-4-6-10-16(14)27-29(25,26)17-11-7-5-9-15(17)22(23)24/h4-12H,1-3H3,(H,20,28). The fourth-order valence-corrected chi connectivity index (χ4v) is 4.73. The van der Waals surface area contributed by atoms with Crippen molar-refractivity contribution in [1.82, 2.24) is 5.32 Å². The van der Waals surface area contributed by atoms with Gasteiger partial charge in [-0.1, -0.05) is 24.3 Å². The summed E-state index contributed by atoms with van der Waals surface area (Å²) in [6, 6.07) is 11.5. The maximum absolute atomic E-state index is 12.8. The topological polar surface area (TPSA) is 102 Å². The molecule has 2 aromatic rings. The first-order chi connectivity index (χ1) is 13.5. The molecule has 0 aliphatic carbocycles. The van der Waals surface area contributed by atoms with E-state index in [-0.39, 0.29) is 11.3 Å². The predicted octanol–water partition coefficient (Wildman–Crippen LogP) is 3.74. The van der Waals surface area contributed by atoms with Crippen LogP contribution >= 0.6 is 12.2 Å². The van der Waals surface area contributed by atoms with Crippen molar-refractivity contribution in [2.75, 3.05) is 4.90 Å². The first kappa shape index (κ1) is 20.7. The summed E-state index contributed by atoms with van der Waals surface area (Å²) in [7, 11) is -4.46. The maximum atomic E-state index is 12.8. The second kappa shape index (κ2) is 7.45. The van der Waals surface area contributed by atoms with Crippen molar-refractivity contribution < 1.29 is 17.5 Å². The molecule has 29 heavy (non-hydrogen) atoms. The highest BCUT2D eigenvalue weighted by molar-refractivity contribution is 7.87. The molecule has 2 aromatic carbocycles. The number of hydrogen-bond donors (Lipinski definition) is 1. The van der Waals surface area contributed by atoms with Gasteiger partial charge in [-0.25, -0.2) is 0 Å². The number of anilines is 1. The lowest BCUT2D eigenvalue weighted by Gasteiger charge is -2.38. The number of thiocarbonyl (C=S) groups is 1. The van der Waals surface area contributed by atoms with Crippen molar-refractivity contribution in [2.24, 2.45) is 0 Å². The van der Waals surface area contributed by atoms with Gasteiger partial charge in [0.05, 0.1) is 16.1 Å². The van der Waals surface area contributed by atoms with Gasteiger partial charge in [0.2, 0.25) is 0 Å². The van der Waals surface area contributed by atoms with Crippen molar-refractivity contribution in [2.45, 2.75) is 31.2 Å². The summed E-state index contributed by atoms with van der Waals surface area (Å²) >= 11 is 5.46. The van der Waals surface area contributed by atoms with Crippen LogP contribution in [0.15, 0.2) is 65.2 Å². The molecule has 0 atom stereocenters. The molecule has 8 nitrogen and oxygen atoms in total. The van der Waals surface area contributed by atoms with Crippen molar-refractivity contribution >= 4 is 38.8 Å². The second-order valence-corrected chi connectivity index (χ2v) is 8.90. The van der Waals surface area contributed by atoms with Crippen LogP contribution < -0.4 is 14.4 Å². The SMILES string of the molecule is CC1=CC(C)(C)NC(=S)N1c1ccccc1OS(=O)(=O)c1ccccc1[N+](=O)[O-]. The Kier molecular flexibility index (Phi) is 5.33. The smallest absolute Gasteiger partial charge is 0.346 e. The molecule has 0 saturated carbocycles. The molecule has 152 valence electrons. The molecule has 1 aliphatic rings. The molecule has 0 saturated heterocycles. The summed E-state index contributed by atoms with van der Waals surface area (Å²) in [6.07, 6.45) is 1.95. The zero-order valence-electron chi connectivity index (χ0n) is 15.9. The van der Waals surface area contributed by atoms with Gasteiger partial charge < -0.3 is 9.50 Å². The number of para-hydroxylation sites is 3. The van der Waals surface area contributed by atoms with E-state index in [1.807, 2.05) is 26.8 Å². The Morgan fingerprint density at radius 3 is 2.41 bits per heavy atom. The quantitative estimate of drug-likeness (QED) is 0.329. The molecule has 3 rings (SSSR count). The summed E-state index contributed by atoms with van der Waals surface area (Å²) in [6.45, 7) is 5.77. The molecule has 1 aliphatic heterocycles. The Morgan fingerprint density at radius 1 is 1.14 bits per heavy atom. The van der Waals surface area contributed by atoms with Crippen LogP contribution in [-0.4, -0.2) is 24.0 Å². The number of nitro benzene ring substituents is 1.